The molecular weight excluding hydrogens is 310 g/mol. The lowest BCUT2D eigenvalue weighted by atomic mass is 10.1. The van der Waals surface area contributed by atoms with Crippen LogP contribution in [0.15, 0.2) is 30.3 Å². The Morgan fingerprint density at radius 2 is 1.96 bits per heavy atom. The molecule has 2 unspecified atom stereocenters. The SMILES string of the molecule is CC(C)(C)OC(=O)C(CCC1CO1)NC(=O)OCc1ccccc1. The van der Waals surface area contributed by atoms with Crippen molar-refractivity contribution >= 4 is 12.1 Å². The monoisotopic (exact) mass is 335 g/mol. The Labute approximate surface area is 142 Å². The molecule has 0 aliphatic carbocycles. The molecule has 2 rings (SSSR count). The maximum absolute atomic E-state index is 12.3. The van der Waals surface area contributed by atoms with Crippen LogP contribution < -0.4 is 5.32 Å². The summed E-state index contributed by atoms with van der Waals surface area (Å²) >= 11 is 0. The highest BCUT2D eigenvalue weighted by Gasteiger charge is 2.30. The lowest BCUT2D eigenvalue weighted by Crippen LogP contribution is -2.44. The van der Waals surface area contributed by atoms with E-state index in [2.05, 4.69) is 5.32 Å². The quantitative estimate of drug-likeness (QED) is 0.612. The molecule has 6 nitrogen and oxygen atoms in total. The first kappa shape index (κ1) is 18.3. The summed E-state index contributed by atoms with van der Waals surface area (Å²) in [6.07, 6.45) is 0.701. The summed E-state index contributed by atoms with van der Waals surface area (Å²) in [7, 11) is 0. The molecule has 0 saturated carbocycles. The van der Waals surface area contributed by atoms with Crippen molar-refractivity contribution in [3.05, 3.63) is 35.9 Å². The minimum absolute atomic E-state index is 0.152. The molecule has 1 aromatic rings. The Morgan fingerprint density at radius 3 is 2.54 bits per heavy atom. The van der Waals surface area contributed by atoms with E-state index in [0.29, 0.717) is 19.4 Å². The van der Waals surface area contributed by atoms with Crippen LogP contribution in [0, 0.1) is 0 Å². The second kappa shape index (κ2) is 8.15. The summed E-state index contributed by atoms with van der Waals surface area (Å²) in [6, 6.07) is 8.62. The number of alkyl carbamates (subject to hydrolysis) is 1. The van der Waals surface area contributed by atoms with Gasteiger partial charge in [0.05, 0.1) is 12.7 Å². The second-order valence-electron chi connectivity index (χ2n) is 6.82. The van der Waals surface area contributed by atoms with Crippen molar-refractivity contribution in [2.75, 3.05) is 6.61 Å². The molecule has 1 aromatic carbocycles. The van der Waals surface area contributed by atoms with Gasteiger partial charge in [-0.15, -0.1) is 0 Å². The lowest BCUT2D eigenvalue weighted by molar-refractivity contribution is -0.157. The van der Waals surface area contributed by atoms with Gasteiger partial charge in [-0.1, -0.05) is 30.3 Å². The van der Waals surface area contributed by atoms with E-state index < -0.39 is 23.7 Å². The number of carbonyl (C=O) groups excluding carboxylic acids is 2. The fraction of sp³-hybridized carbons (Fsp3) is 0.556. The number of amides is 1. The van der Waals surface area contributed by atoms with Crippen LogP contribution in [0.1, 0.15) is 39.2 Å². The number of epoxide rings is 1. The van der Waals surface area contributed by atoms with Crippen molar-refractivity contribution in [1.82, 2.24) is 5.32 Å². The molecular formula is C18H25NO5. The van der Waals surface area contributed by atoms with E-state index in [4.69, 9.17) is 14.2 Å². The second-order valence-corrected chi connectivity index (χ2v) is 6.82. The topological polar surface area (TPSA) is 77.2 Å². The molecule has 0 bridgehead atoms. The molecule has 132 valence electrons. The molecule has 1 aliphatic heterocycles. The average Bonchev–Trinajstić information content (AvgIpc) is 3.33. The fourth-order valence-electron chi connectivity index (χ4n) is 2.12. The largest absolute Gasteiger partial charge is 0.458 e. The smallest absolute Gasteiger partial charge is 0.408 e. The van der Waals surface area contributed by atoms with Crippen LogP contribution in [0.3, 0.4) is 0 Å². The lowest BCUT2D eigenvalue weighted by Gasteiger charge is -2.24. The van der Waals surface area contributed by atoms with Gasteiger partial charge in [-0.3, -0.25) is 0 Å². The maximum atomic E-state index is 12.3. The van der Waals surface area contributed by atoms with Crippen molar-refractivity contribution in [3.63, 3.8) is 0 Å². The molecule has 0 radical (unpaired) electrons. The molecule has 1 saturated heterocycles. The highest BCUT2D eigenvalue weighted by molar-refractivity contribution is 5.81. The van der Waals surface area contributed by atoms with Crippen LogP contribution in [0.2, 0.25) is 0 Å². The van der Waals surface area contributed by atoms with Gasteiger partial charge in [-0.05, 0) is 39.2 Å². The Kier molecular flexibility index (Phi) is 6.20. The summed E-state index contributed by atoms with van der Waals surface area (Å²) in [6.45, 7) is 6.23. The number of nitrogens with one attached hydrogen (secondary N) is 1. The third kappa shape index (κ3) is 7.00. The summed E-state index contributed by atoms with van der Waals surface area (Å²) in [5, 5.41) is 2.60. The van der Waals surface area contributed by atoms with Crippen LogP contribution in [0.5, 0.6) is 0 Å². The van der Waals surface area contributed by atoms with Crippen LogP contribution >= 0.6 is 0 Å². The molecule has 1 aliphatic rings. The zero-order chi connectivity index (χ0) is 17.6. The van der Waals surface area contributed by atoms with E-state index in [1.165, 1.54) is 0 Å². The van der Waals surface area contributed by atoms with Gasteiger partial charge < -0.3 is 19.5 Å². The van der Waals surface area contributed by atoms with E-state index in [0.717, 1.165) is 5.56 Å². The Morgan fingerprint density at radius 1 is 1.29 bits per heavy atom. The molecule has 1 heterocycles. The minimum atomic E-state index is -0.739. The molecule has 6 heteroatoms. The molecule has 1 fully saturated rings. The van der Waals surface area contributed by atoms with Gasteiger partial charge in [0.1, 0.15) is 18.2 Å². The summed E-state index contributed by atoms with van der Waals surface area (Å²) in [5.74, 6) is -0.459. The number of carbonyl (C=O) groups is 2. The van der Waals surface area contributed by atoms with Crippen molar-refractivity contribution in [2.45, 2.75) is 58.0 Å². The van der Waals surface area contributed by atoms with Crippen molar-refractivity contribution in [1.29, 1.82) is 0 Å². The third-order valence-electron chi connectivity index (χ3n) is 3.38. The molecule has 1 amide bonds. The first-order chi connectivity index (χ1) is 11.3. The maximum Gasteiger partial charge on any atom is 0.408 e. The van der Waals surface area contributed by atoms with E-state index in [1.54, 1.807) is 20.8 Å². The van der Waals surface area contributed by atoms with Crippen LogP contribution in [-0.4, -0.2) is 36.4 Å². The molecule has 1 N–H and O–H groups in total. The number of esters is 1. The van der Waals surface area contributed by atoms with Crippen molar-refractivity contribution in [2.24, 2.45) is 0 Å². The third-order valence-corrected chi connectivity index (χ3v) is 3.38. The summed E-state index contributed by atoms with van der Waals surface area (Å²) in [4.78, 5) is 24.3. The molecule has 0 aromatic heterocycles. The summed E-state index contributed by atoms with van der Waals surface area (Å²) < 4.78 is 15.7. The van der Waals surface area contributed by atoms with E-state index in [-0.39, 0.29) is 12.7 Å². The Hall–Kier alpha value is -2.08. The van der Waals surface area contributed by atoms with E-state index >= 15 is 0 Å². The van der Waals surface area contributed by atoms with Gasteiger partial charge in [-0.2, -0.15) is 0 Å². The number of hydrogen-bond donors (Lipinski definition) is 1. The first-order valence-corrected chi connectivity index (χ1v) is 8.15. The standard InChI is InChI=1S/C18H25NO5/c1-18(2,3)24-16(20)15(10-9-14-12-22-14)19-17(21)23-11-13-7-5-4-6-8-13/h4-8,14-15H,9-12H2,1-3H3,(H,19,21). The van der Waals surface area contributed by atoms with Crippen LogP contribution in [0.4, 0.5) is 4.79 Å². The van der Waals surface area contributed by atoms with E-state index in [1.807, 2.05) is 30.3 Å². The predicted octanol–water partition coefficient (Wildman–Crippen LogP) is 2.80. The van der Waals surface area contributed by atoms with Gasteiger partial charge in [0.2, 0.25) is 0 Å². The molecule has 2 atom stereocenters. The molecule has 24 heavy (non-hydrogen) atoms. The zero-order valence-electron chi connectivity index (χ0n) is 14.4. The van der Waals surface area contributed by atoms with E-state index in [9.17, 15) is 9.59 Å². The van der Waals surface area contributed by atoms with Crippen LogP contribution in [-0.2, 0) is 25.6 Å². The normalized spacial score (nSPS) is 17.7. The highest BCUT2D eigenvalue weighted by atomic mass is 16.6. The number of hydrogen-bond acceptors (Lipinski definition) is 5. The van der Waals surface area contributed by atoms with Crippen LogP contribution in [0.25, 0.3) is 0 Å². The molecule has 0 spiro atoms. The highest BCUT2D eigenvalue weighted by Crippen LogP contribution is 2.18. The minimum Gasteiger partial charge on any atom is -0.458 e. The van der Waals surface area contributed by atoms with Crippen molar-refractivity contribution in [3.8, 4) is 0 Å². The zero-order valence-corrected chi connectivity index (χ0v) is 14.4. The average molecular weight is 335 g/mol. The van der Waals surface area contributed by atoms with Gasteiger partial charge in [0, 0.05) is 0 Å². The summed E-state index contributed by atoms with van der Waals surface area (Å²) in [5.41, 5.74) is 0.272. The van der Waals surface area contributed by atoms with Gasteiger partial charge >= 0.3 is 12.1 Å². The predicted molar refractivity (Wildman–Crippen MR) is 88.4 cm³/mol. The number of ether oxygens (including phenoxy) is 3. The fourth-order valence-corrected chi connectivity index (χ4v) is 2.12. The number of rotatable bonds is 7. The Balaban J connectivity index is 1.85. The first-order valence-electron chi connectivity index (χ1n) is 8.15. The Bertz CT molecular complexity index is 548. The van der Waals surface area contributed by atoms with Gasteiger partial charge in [0.25, 0.3) is 0 Å². The van der Waals surface area contributed by atoms with Gasteiger partial charge in [-0.25, -0.2) is 9.59 Å². The van der Waals surface area contributed by atoms with Crippen molar-refractivity contribution < 1.29 is 23.8 Å². The van der Waals surface area contributed by atoms with Gasteiger partial charge in [0.15, 0.2) is 0 Å². The number of benzene rings is 1.